The molecular formula is C15H26N2O4. The first-order chi connectivity index (χ1) is 9.91. The Labute approximate surface area is 125 Å². The van der Waals surface area contributed by atoms with Gasteiger partial charge in [0, 0.05) is 19.6 Å². The topological polar surface area (TPSA) is 81.1 Å². The predicted molar refractivity (Wildman–Crippen MR) is 77.9 cm³/mol. The van der Waals surface area contributed by atoms with Crippen LogP contribution in [0.2, 0.25) is 0 Å². The van der Waals surface area contributed by atoms with Crippen LogP contribution in [-0.2, 0) is 4.79 Å². The van der Waals surface area contributed by atoms with Gasteiger partial charge in [-0.25, -0.2) is 9.59 Å². The highest BCUT2D eigenvalue weighted by atomic mass is 16.4. The van der Waals surface area contributed by atoms with Crippen molar-refractivity contribution < 1.29 is 19.8 Å². The molecule has 1 saturated carbocycles. The fourth-order valence-electron chi connectivity index (χ4n) is 3.63. The number of carbonyl (C=O) groups is 2. The highest BCUT2D eigenvalue weighted by Crippen LogP contribution is 2.40. The largest absolute Gasteiger partial charge is 0.480 e. The number of carboxylic acid groups (broad SMARTS) is 1. The summed E-state index contributed by atoms with van der Waals surface area (Å²) in [5.74, 6) is -0.573. The number of carbonyl (C=O) groups excluding carboxylic acids is 1. The lowest BCUT2D eigenvalue weighted by Crippen LogP contribution is -2.51. The van der Waals surface area contributed by atoms with E-state index < -0.39 is 18.1 Å². The number of amides is 2. The molecule has 1 saturated heterocycles. The van der Waals surface area contributed by atoms with Crippen LogP contribution in [0.25, 0.3) is 0 Å². The number of nitrogens with zero attached hydrogens (tertiary/aromatic N) is 2. The van der Waals surface area contributed by atoms with Gasteiger partial charge < -0.3 is 20.0 Å². The zero-order chi connectivity index (χ0) is 15.6. The molecule has 0 spiro atoms. The van der Waals surface area contributed by atoms with Crippen molar-refractivity contribution in [1.82, 2.24) is 9.80 Å². The van der Waals surface area contributed by atoms with Crippen LogP contribution >= 0.6 is 0 Å². The van der Waals surface area contributed by atoms with Crippen LogP contribution in [0.5, 0.6) is 0 Å². The van der Waals surface area contributed by atoms with E-state index in [1.165, 1.54) is 0 Å². The molecule has 2 amide bonds. The minimum absolute atomic E-state index is 0.0707. The van der Waals surface area contributed by atoms with Gasteiger partial charge in [0.2, 0.25) is 0 Å². The summed E-state index contributed by atoms with van der Waals surface area (Å²) >= 11 is 0. The molecule has 4 unspecified atom stereocenters. The molecule has 0 aromatic carbocycles. The van der Waals surface area contributed by atoms with Gasteiger partial charge in [0.15, 0.2) is 0 Å². The number of aliphatic hydroxyl groups is 1. The second kappa shape index (κ2) is 6.64. The van der Waals surface area contributed by atoms with Crippen LogP contribution in [0.4, 0.5) is 4.79 Å². The van der Waals surface area contributed by atoms with Crippen LogP contribution in [0, 0.1) is 5.92 Å². The number of aliphatic carboxylic acids is 1. The van der Waals surface area contributed by atoms with E-state index >= 15 is 0 Å². The van der Waals surface area contributed by atoms with Crippen LogP contribution in [0.3, 0.4) is 0 Å². The van der Waals surface area contributed by atoms with Crippen LogP contribution in [-0.4, -0.2) is 63.8 Å². The molecule has 0 radical (unpaired) electrons. The average Bonchev–Trinajstić information content (AvgIpc) is 2.83. The van der Waals surface area contributed by atoms with E-state index in [2.05, 4.69) is 0 Å². The summed E-state index contributed by atoms with van der Waals surface area (Å²) in [6, 6.07) is -0.835. The van der Waals surface area contributed by atoms with Gasteiger partial charge in [-0.1, -0.05) is 12.8 Å². The number of hydrogen-bond acceptors (Lipinski definition) is 3. The first-order valence-electron chi connectivity index (χ1n) is 7.86. The molecular weight excluding hydrogens is 272 g/mol. The van der Waals surface area contributed by atoms with Crippen molar-refractivity contribution in [3.63, 3.8) is 0 Å². The smallest absolute Gasteiger partial charge is 0.326 e. The number of rotatable bonds is 4. The zero-order valence-corrected chi connectivity index (χ0v) is 12.9. The lowest BCUT2D eigenvalue weighted by Gasteiger charge is -2.35. The SMILES string of the molecule is CC(O)CCN(C)C(=O)N1C(C(=O)O)CC2CCCCC21. The Kier molecular flexibility index (Phi) is 5.08. The van der Waals surface area contributed by atoms with Crippen molar-refractivity contribution in [1.29, 1.82) is 0 Å². The van der Waals surface area contributed by atoms with Gasteiger partial charge in [0.25, 0.3) is 0 Å². The Morgan fingerprint density at radius 1 is 1.33 bits per heavy atom. The molecule has 4 atom stereocenters. The van der Waals surface area contributed by atoms with Crippen molar-refractivity contribution in [3.8, 4) is 0 Å². The van der Waals surface area contributed by atoms with Crippen molar-refractivity contribution in [2.24, 2.45) is 5.92 Å². The Morgan fingerprint density at radius 2 is 2.00 bits per heavy atom. The summed E-state index contributed by atoms with van der Waals surface area (Å²) in [5, 5.41) is 18.8. The standard InChI is InChI=1S/C15H26N2O4/c1-10(18)7-8-16(2)15(21)17-12-6-4-3-5-11(12)9-13(17)14(19)20/h10-13,18H,3-9H2,1-2H3,(H,19,20). The minimum atomic E-state index is -0.901. The molecule has 2 N–H and O–H groups in total. The van der Waals surface area contributed by atoms with Crippen molar-refractivity contribution in [2.75, 3.05) is 13.6 Å². The Balaban J connectivity index is 2.09. The van der Waals surface area contributed by atoms with Gasteiger partial charge in [0.05, 0.1) is 6.10 Å². The molecule has 2 rings (SSSR count). The van der Waals surface area contributed by atoms with Gasteiger partial charge in [-0.2, -0.15) is 0 Å². The summed E-state index contributed by atoms with van der Waals surface area (Å²) in [7, 11) is 1.68. The number of aliphatic hydroxyl groups excluding tert-OH is 1. The number of carboxylic acids is 1. The highest BCUT2D eigenvalue weighted by Gasteiger charge is 2.48. The maximum Gasteiger partial charge on any atom is 0.326 e. The molecule has 1 heterocycles. The first kappa shape index (κ1) is 16.1. The molecule has 120 valence electrons. The second-order valence-electron chi connectivity index (χ2n) is 6.45. The van der Waals surface area contributed by atoms with E-state index in [4.69, 9.17) is 0 Å². The summed E-state index contributed by atoms with van der Waals surface area (Å²) in [6.45, 7) is 2.13. The molecule has 0 aromatic heterocycles. The minimum Gasteiger partial charge on any atom is -0.480 e. The molecule has 21 heavy (non-hydrogen) atoms. The number of hydrogen-bond donors (Lipinski definition) is 2. The number of fused-ring (bicyclic) bond motifs is 1. The third-order valence-corrected chi connectivity index (χ3v) is 4.80. The van der Waals surface area contributed by atoms with E-state index in [0.717, 1.165) is 25.7 Å². The zero-order valence-electron chi connectivity index (χ0n) is 12.9. The lowest BCUT2D eigenvalue weighted by atomic mass is 9.85. The van der Waals surface area contributed by atoms with Gasteiger partial charge in [-0.05, 0) is 38.5 Å². The average molecular weight is 298 g/mol. The van der Waals surface area contributed by atoms with Gasteiger partial charge >= 0.3 is 12.0 Å². The Hall–Kier alpha value is -1.30. The van der Waals surface area contributed by atoms with E-state index in [1.54, 1.807) is 23.8 Å². The third kappa shape index (κ3) is 3.48. The fraction of sp³-hybridized carbons (Fsp3) is 0.867. The van der Waals surface area contributed by atoms with E-state index in [-0.39, 0.29) is 12.1 Å². The molecule has 2 fully saturated rings. The molecule has 0 bridgehead atoms. The van der Waals surface area contributed by atoms with Crippen molar-refractivity contribution in [3.05, 3.63) is 0 Å². The molecule has 2 aliphatic rings. The van der Waals surface area contributed by atoms with Crippen molar-refractivity contribution in [2.45, 2.75) is 63.6 Å². The summed E-state index contributed by atoms with van der Waals surface area (Å²) in [6.07, 6.45) is 4.75. The number of likely N-dealkylation sites (tertiary alicyclic amines) is 1. The monoisotopic (exact) mass is 298 g/mol. The number of urea groups is 1. The van der Waals surface area contributed by atoms with E-state index in [0.29, 0.717) is 25.3 Å². The van der Waals surface area contributed by atoms with E-state index in [1.807, 2.05) is 0 Å². The van der Waals surface area contributed by atoms with Gasteiger partial charge in [0.1, 0.15) is 6.04 Å². The Morgan fingerprint density at radius 3 is 2.62 bits per heavy atom. The van der Waals surface area contributed by atoms with Gasteiger partial charge in [-0.15, -0.1) is 0 Å². The van der Waals surface area contributed by atoms with Crippen LogP contribution in [0.1, 0.15) is 45.4 Å². The molecule has 1 aliphatic heterocycles. The quantitative estimate of drug-likeness (QED) is 0.824. The van der Waals surface area contributed by atoms with Crippen LogP contribution in [0.15, 0.2) is 0 Å². The molecule has 1 aliphatic carbocycles. The summed E-state index contributed by atoms with van der Waals surface area (Å²) < 4.78 is 0. The maximum atomic E-state index is 12.6. The molecule has 6 nitrogen and oxygen atoms in total. The second-order valence-corrected chi connectivity index (χ2v) is 6.45. The van der Waals surface area contributed by atoms with Gasteiger partial charge in [-0.3, -0.25) is 0 Å². The van der Waals surface area contributed by atoms with E-state index in [9.17, 15) is 19.8 Å². The Bertz CT molecular complexity index is 399. The molecule has 0 aromatic rings. The predicted octanol–water partition coefficient (Wildman–Crippen LogP) is 1.53. The summed E-state index contributed by atoms with van der Waals surface area (Å²) in [5.41, 5.74) is 0. The normalized spacial score (nSPS) is 29.9. The fourth-order valence-corrected chi connectivity index (χ4v) is 3.63. The molecule has 6 heteroatoms. The third-order valence-electron chi connectivity index (χ3n) is 4.80. The maximum absolute atomic E-state index is 12.6. The van der Waals surface area contributed by atoms with Crippen LogP contribution < -0.4 is 0 Å². The van der Waals surface area contributed by atoms with Crippen molar-refractivity contribution >= 4 is 12.0 Å². The summed E-state index contributed by atoms with van der Waals surface area (Å²) in [4.78, 5) is 27.3. The lowest BCUT2D eigenvalue weighted by molar-refractivity contribution is -0.141. The highest BCUT2D eigenvalue weighted by molar-refractivity contribution is 5.83. The first-order valence-corrected chi connectivity index (χ1v) is 7.86.